The molecule has 0 atom stereocenters. The van der Waals surface area contributed by atoms with Gasteiger partial charge in [-0.15, -0.1) is 0 Å². The summed E-state index contributed by atoms with van der Waals surface area (Å²) in [6.07, 6.45) is 4.37. The minimum absolute atomic E-state index is 0.405. The van der Waals surface area contributed by atoms with Crippen molar-refractivity contribution < 1.29 is 13.2 Å². The van der Waals surface area contributed by atoms with E-state index in [4.69, 9.17) is 4.74 Å². The fourth-order valence-electron chi connectivity index (χ4n) is 2.48. The van der Waals surface area contributed by atoms with E-state index in [-0.39, 0.29) is 0 Å². The molecule has 0 aromatic heterocycles. The van der Waals surface area contributed by atoms with Crippen LogP contribution in [0.3, 0.4) is 0 Å². The third-order valence-electron chi connectivity index (χ3n) is 4.16. The fourth-order valence-corrected chi connectivity index (χ4v) is 2.99. The molecule has 2 rings (SSSR count). The lowest BCUT2D eigenvalue weighted by Crippen LogP contribution is -2.38. The maximum absolute atomic E-state index is 11.1. The van der Waals surface area contributed by atoms with Crippen LogP contribution in [0.1, 0.15) is 37.3 Å². The Balaban J connectivity index is 1.88. The van der Waals surface area contributed by atoms with Crippen molar-refractivity contribution in [1.82, 2.24) is 15.4 Å². The zero-order valence-electron chi connectivity index (χ0n) is 16.5. The summed E-state index contributed by atoms with van der Waals surface area (Å²) in [5.41, 5.74) is 2.24. The zero-order valence-corrected chi connectivity index (χ0v) is 17.4. The molecule has 1 fully saturated rings. The lowest BCUT2D eigenvalue weighted by Gasteiger charge is -2.13. The number of guanidine groups is 1. The highest BCUT2D eigenvalue weighted by Crippen LogP contribution is 2.30. The number of rotatable bonds is 11. The van der Waals surface area contributed by atoms with Gasteiger partial charge in [0, 0.05) is 25.2 Å². The summed E-state index contributed by atoms with van der Waals surface area (Å²) in [6, 6.07) is 6.22. The normalized spacial score (nSPS) is 14.9. The van der Waals surface area contributed by atoms with Gasteiger partial charge in [-0.1, -0.05) is 12.1 Å². The van der Waals surface area contributed by atoms with E-state index in [1.807, 2.05) is 6.92 Å². The molecule has 1 aromatic rings. The third kappa shape index (κ3) is 9.10. The number of benzene rings is 1. The molecule has 0 aliphatic heterocycles. The predicted molar refractivity (Wildman–Crippen MR) is 110 cm³/mol. The smallest absolute Gasteiger partial charge is 0.208 e. The Hall–Kier alpha value is -1.80. The van der Waals surface area contributed by atoms with E-state index in [1.165, 1.54) is 18.4 Å². The second kappa shape index (κ2) is 10.5. The summed E-state index contributed by atoms with van der Waals surface area (Å²) in [6.45, 7) is 7.18. The topological polar surface area (TPSA) is 91.8 Å². The molecule has 1 aliphatic rings. The molecule has 0 radical (unpaired) electrons. The highest BCUT2D eigenvalue weighted by Gasteiger charge is 2.22. The number of ether oxygens (including phenoxy) is 1. The summed E-state index contributed by atoms with van der Waals surface area (Å²) in [7, 11) is -3.13. The van der Waals surface area contributed by atoms with Crippen molar-refractivity contribution in [2.75, 3.05) is 32.5 Å². The van der Waals surface area contributed by atoms with Gasteiger partial charge in [0.15, 0.2) is 5.96 Å². The quantitative estimate of drug-likeness (QED) is 0.301. The first-order valence-corrected chi connectivity index (χ1v) is 11.5. The largest absolute Gasteiger partial charge is 0.493 e. The van der Waals surface area contributed by atoms with Gasteiger partial charge in [0.25, 0.3) is 0 Å². The van der Waals surface area contributed by atoms with Crippen LogP contribution in [0.25, 0.3) is 0 Å². The predicted octanol–water partition coefficient (Wildman–Crippen LogP) is 1.78. The summed E-state index contributed by atoms with van der Waals surface area (Å²) in [5, 5.41) is 6.44. The van der Waals surface area contributed by atoms with Gasteiger partial charge in [-0.05, 0) is 50.7 Å². The van der Waals surface area contributed by atoms with Crippen molar-refractivity contribution in [1.29, 1.82) is 0 Å². The van der Waals surface area contributed by atoms with Gasteiger partial charge in [-0.25, -0.2) is 18.1 Å². The Morgan fingerprint density at radius 2 is 2.04 bits per heavy atom. The zero-order chi connectivity index (χ0) is 19.7. The third-order valence-corrected chi connectivity index (χ3v) is 4.88. The lowest BCUT2D eigenvalue weighted by atomic mass is 10.1. The van der Waals surface area contributed by atoms with Crippen LogP contribution in [0.5, 0.6) is 5.75 Å². The van der Waals surface area contributed by atoms with Crippen LogP contribution in [0, 0.1) is 12.8 Å². The highest BCUT2D eigenvalue weighted by molar-refractivity contribution is 7.88. The van der Waals surface area contributed by atoms with Crippen molar-refractivity contribution in [2.45, 2.75) is 39.7 Å². The first-order chi connectivity index (χ1) is 12.9. The number of nitrogens with zero attached hydrogens (tertiary/aromatic N) is 1. The highest BCUT2D eigenvalue weighted by atomic mass is 32.2. The monoisotopic (exact) mass is 396 g/mol. The molecular weight excluding hydrogens is 364 g/mol. The number of sulfonamides is 1. The second-order valence-corrected chi connectivity index (χ2v) is 8.84. The van der Waals surface area contributed by atoms with E-state index in [0.29, 0.717) is 37.9 Å². The summed E-state index contributed by atoms with van der Waals surface area (Å²) in [4.78, 5) is 4.64. The molecule has 0 unspecified atom stereocenters. The molecule has 3 N–H and O–H groups in total. The Bertz CT molecular complexity index is 730. The van der Waals surface area contributed by atoms with Gasteiger partial charge in [-0.3, -0.25) is 0 Å². The first-order valence-electron chi connectivity index (χ1n) is 9.56. The number of hydrogen-bond acceptors (Lipinski definition) is 4. The van der Waals surface area contributed by atoms with E-state index < -0.39 is 10.0 Å². The van der Waals surface area contributed by atoms with E-state index in [9.17, 15) is 8.42 Å². The van der Waals surface area contributed by atoms with Gasteiger partial charge in [-0.2, -0.15) is 0 Å². The first kappa shape index (κ1) is 21.5. The van der Waals surface area contributed by atoms with Gasteiger partial charge in [0.1, 0.15) is 5.75 Å². The summed E-state index contributed by atoms with van der Waals surface area (Å²) >= 11 is 0. The van der Waals surface area contributed by atoms with Crippen molar-refractivity contribution in [3.63, 3.8) is 0 Å². The molecule has 7 nitrogen and oxygen atoms in total. The fraction of sp³-hybridized carbons (Fsp3) is 0.632. The van der Waals surface area contributed by atoms with E-state index in [2.05, 4.69) is 45.5 Å². The van der Waals surface area contributed by atoms with E-state index >= 15 is 0 Å². The number of nitrogens with one attached hydrogen (secondary N) is 3. The average molecular weight is 397 g/mol. The molecule has 0 spiro atoms. The molecule has 152 valence electrons. The lowest BCUT2D eigenvalue weighted by molar-refractivity contribution is 0.296. The van der Waals surface area contributed by atoms with Crippen molar-refractivity contribution in [3.05, 3.63) is 29.3 Å². The minimum Gasteiger partial charge on any atom is -0.493 e. The van der Waals surface area contributed by atoms with Crippen molar-refractivity contribution in [3.8, 4) is 5.75 Å². The van der Waals surface area contributed by atoms with Gasteiger partial charge in [0.2, 0.25) is 10.0 Å². The van der Waals surface area contributed by atoms with E-state index in [1.54, 1.807) is 0 Å². The number of aliphatic imine (C=N–C) groups is 1. The van der Waals surface area contributed by atoms with Crippen LogP contribution in [-0.4, -0.2) is 46.9 Å². The maximum atomic E-state index is 11.1. The Morgan fingerprint density at radius 1 is 1.26 bits per heavy atom. The summed E-state index contributed by atoms with van der Waals surface area (Å²) in [5.74, 6) is 2.34. The summed E-state index contributed by atoms with van der Waals surface area (Å²) < 4.78 is 30.6. The van der Waals surface area contributed by atoms with Crippen LogP contribution in [0.4, 0.5) is 0 Å². The molecule has 1 aliphatic carbocycles. The number of hydrogen-bond donors (Lipinski definition) is 3. The van der Waals surface area contributed by atoms with Gasteiger partial charge >= 0.3 is 0 Å². The average Bonchev–Trinajstić information content (AvgIpc) is 3.42. The molecule has 0 amide bonds. The van der Waals surface area contributed by atoms with E-state index in [0.717, 1.165) is 30.7 Å². The van der Waals surface area contributed by atoms with Crippen LogP contribution >= 0.6 is 0 Å². The Kier molecular flexibility index (Phi) is 8.37. The Morgan fingerprint density at radius 3 is 2.70 bits per heavy atom. The van der Waals surface area contributed by atoms with Crippen LogP contribution in [0.2, 0.25) is 0 Å². The van der Waals surface area contributed by atoms with Crippen LogP contribution < -0.4 is 20.1 Å². The van der Waals surface area contributed by atoms with Crippen LogP contribution in [-0.2, 0) is 16.6 Å². The molecule has 1 saturated carbocycles. The molecule has 0 heterocycles. The SMILES string of the molecule is CCNC(=NCc1ccc(C)cc1OCC1CC1)NCCCNS(C)(=O)=O. The van der Waals surface area contributed by atoms with Gasteiger partial charge < -0.3 is 15.4 Å². The van der Waals surface area contributed by atoms with Gasteiger partial charge in [0.05, 0.1) is 19.4 Å². The molecule has 8 heteroatoms. The molecule has 1 aromatic carbocycles. The molecular formula is C19H32N4O3S. The molecule has 27 heavy (non-hydrogen) atoms. The minimum atomic E-state index is -3.13. The Labute approximate surface area is 163 Å². The molecule has 0 saturated heterocycles. The number of aryl methyl sites for hydroxylation is 1. The van der Waals surface area contributed by atoms with Crippen molar-refractivity contribution >= 4 is 16.0 Å². The standard InChI is InChI=1S/C19H32N4O3S/c1-4-20-19(21-10-5-11-23-27(3,24)25)22-13-17-9-6-15(2)12-18(17)26-14-16-7-8-16/h6,9,12,16,23H,4-5,7-8,10-11,13-14H2,1-3H3,(H2,20,21,22). The second-order valence-electron chi connectivity index (χ2n) is 7.01. The van der Waals surface area contributed by atoms with Crippen molar-refractivity contribution in [2.24, 2.45) is 10.9 Å². The molecule has 0 bridgehead atoms. The maximum Gasteiger partial charge on any atom is 0.208 e. The van der Waals surface area contributed by atoms with Crippen LogP contribution in [0.15, 0.2) is 23.2 Å².